The molecule has 0 aliphatic heterocycles. The van der Waals surface area contributed by atoms with Crippen LogP contribution < -0.4 is 0 Å². The predicted octanol–water partition coefficient (Wildman–Crippen LogP) is 10.4. The maximum atomic E-state index is 4.38. The minimum Gasteiger partial charge on any atom is -0.264 e. The van der Waals surface area contributed by atoms with Crippen molar-refractivity contribution in [2.75, 3.05) is 0 Å². The molecule has 6 rings (SSSR count). The molecular weight excluding hydrogens is 522 g/mol. The zero-order valence-electron chi connectivity index (χ0n) is 24.1. The van der Waals surface area contributed by atoms with Crippen molar-refractivity contribution in [2.45, 2.75) is 6.92 Å². The minimum atomic E-state index is 1.07. The normalized spacial score (nSPS) is 11.5. The Morgan fingerprint density at radius 2 is 0.907 bits per heavy atom. The molecule has 0 N–H and O–H groups in total. The van der Waals surface area contributed by atoms with E-state index in [-0.39, 0.29) is 0 Å². The van der Waals surface area contributed by atoms with E-state index in [1.54, 1.807) is 24.7 Å². The fraction of sp³-hybridized carbons (Fsp3) is 0.0250. The molecule has 206 valence electrons. The molecule has 0 fully saturated rings. The SMILES string of the molecule is C=C/C=C\C(=C/C)c1cc(-c2cccnc2)cc(-c2cccc(-c3cc(-c4cccnc4)cc(-c4cccnc4)c3)c2)c1. The zero-order valence-corrected chi connectivity index (χ0v) is 24.1. The molecule has 0 spiro atoms. The summed E-state index contributed by atoms with van der Waals surface area (Å²) in [5, 5.41) is 0. The smallest absolute Gasteiger partial charge is 0.0346 e. The van der Waals surface area contributed by atoms with Crippen molar-refractivity contribution in [1.82, 2.24) is 15.0 Å². The van der Waals surface area contributed by atoms with Crippen molar-refractivity contribution in [3.8, 4) is 55.6 Å². The van der Waals surface area contributed by atoms with Gasteiger partial charge in [0.15, 0.2) is 0 Å². The Kier molecular flexibility index (Phi) is 8.24. The average Bonchev–Trinajstić information content (AvgIpc) is 3.09. The number of allylic oxidation sites excluding steroid dienone is 5. The van der Waals surface area contributed by atoms with Crippen LogP contribution in [0.3, 0.4) is 0 Å². The molecule has 0 bridgehead atoms. The maximum absolute atomic E-state index is 4.38. The summed E-state index contributed by atoms with van der Waals surface area (Å²) in [4.78, 5) is 13.1. The van der Waals surface area contributed by atoms with Gasteiger partial charge in [-0.1, -0.05) is 67.3 Å². The van der Waals surface area contributed by atoms with E-state index in [0.717, 1.165) is 66.8 Å². The first-order valence-corrected chi connectivity index (χ1v) is 14.3. The third-order valence-corrected chi connectivity index (χ3v) is 7.44. The summed E-state index contributed by atoms with van der Waals surface area (Å²) in [6, 6.07) is 34.4. The number of hydrogen-bond acceptors (Lipinski definition) is 3. The van der Waals surface area contributed by atoms with E-state index in [4.69, 9.17) is 0 Å². The molecule has 0 aliphatic rings. The van der Waals surface area contributed by atoms with Gasteiger partial charge in [-0.3, -0.25) is 15.0 Å². The second-order valence-corrected chi connectivity index (χ2v) is 10.2. The summed E-state index contributed by atoms with van der Waals surface area (Å²) >= 11 is 0. The molecular formula is C40H31N3. The van der Waals surface area contributed by atoms with E-state index in [0.29, 0.717) is 0 Å². The van der Waals surface area contributed by atoms with Crippen LogP contribution in [0.1, 0.15) is 12.5 Å². The average molecular weight is 554 g/mol. The highest BCUT2D eigenvalue weighted by atomic mass is 14.6. The van der Waals surface area contributed by atoms with E-state index in [1.807, 2.05) is 42.9 Å². The van der Waals surface area contributed by atoms with Gasteiger partial charge in [0.25, 0.3) is 0 Å². The molecule has 3 heteroatoms. The molecule has 43 heavy (non-hydrogen) atoms. The van der Waals surface area contributed by atoms with Crippen LogP contribution >= 0.6 is 0 Å². The van der Waals surface area contributed by atoms with Gasteiger partial charge in [0.1, 0.15) is 0 Å². The quantitative estimate of drug-likeness (QED) is 0.176. The van der Waals surface area contributed by atoms with Gasteiger partial charge < -0.3 is 0 Å². The summed E-state index contributed by atoms with van der Waals surface area (Å²) in [7, 11) is 0. The fourth-order valence-corrected chi connectivity index (χ4v) is 5.26. The van der Waals surface area contributed by atoms with Gasteiger partial charge in [-0.15, -0.1) is 0 Å². The van der Waals surface area contributed by atoms with E-state index < -0.39 is 0 Å². The van der Waals surface area contributed by atoms with E-state index in [9.17, 15) is 0 Å². The number of hydrogen-bond donors (Lipinski definition) is 0. The molecule has 0 atom stereocenters. The van der Waals surface area contributed by atoms with Gasteiger partial charge in [-0.05, 0) is 118 Å². The van der Waals surface area contributed by atoms with Crippen LogP contribution in [-0.2, 0) is 0 Å². The molecule has 3 nitrogen and oxygen atoms in total. The molecule has 0 unspecified atom stereocenters. The minimum absolute atomic E-state index is 1.07. The molecule has 0 amide bonds. The third kappa shape index (κ3) is 6.32. The lowest BCUT2D eigenvalue weighted by Crippen LogP contribution is -1.90. The van der Waals surface area contributed by atoms with Crippen molar-refractivity contribution in [3.63, 3.8) is 0 Å². The Morgan fingerprint density at radius 1 is 0.512 bits per heavy atom. The first-order valence-electron chi connectivity index (χ1n) is 14.3. The van der Waals surface area contributed by atoms with E-state index >= 15 is 0 Å². The van der Waals surface area contributed by atoms with Crippen LogP contribution in [0.25, 0.3) is 61.2 Å². The van der Waals surface area contributed by atoms with Gasteiger partial charge in [0.2, 0.25) is 0 Å². The molecule has 0 saturated heterocycles. The lowest BCUT2D eigenvalue weighted by molar-refractivity contribution is 1.32. The second kappa shape index (κ2) is 12.9. The number of benzene rings is 3. The summed E-state index contributed by atoms with van der Waals surface area (Å²) in [6.45, 7) is 5.92. The highest BCUT2D eigenvalue weighted by Gasteiger charge is 2.11. The zero-order chi connectivity index (χ0) is 29.4. The molecule has 3 aromatic carbocycles. The maximum Gasteiger partial charge on any atom is 0.0346 e. The fourth-order valence-electron chi connectivity index (χ4n) is 5.26. The van der Waals surface area contributed by atoms with Crippen molar-refractivity contribution >= 4 is 5.57 Å². The summed E-state index contributed by atoms with van der Waals surface area (Å²) in [6.07, 6.45) is 19.2. The van der Waals surface area contributed by atoms with Crippen LogP contribution in [0, 0.1) is 0 Å². The summed E-state index contributed by atoms with van der Waals surface area (Å²) in [5.41, 5.74) is 13.4. The molecule has 0 radical (unpaired) electrons. The molecule has 3 aromatic heterocycles. The largest absolute Gasteiger partial charge is 0.264 e. The van der Waals surface area contributed by atoms with Gasteiger partial charge >= 0.3 is 0 Å². The highest BCUT2D eigenvalue weighted by Crippen LogP contribution is 2.36. The second-order valence-electron chi connectivity index (χ2n) is 10.2. The monoisotopic (exact) mass is 553 g/mol. The summed E-state index contributed by atoms with van der Waals surface area (Å²) < 4.78 is 0. The Balaban J connectivity index is 1.50. The van der Waals surface area contributed by atoms with Gasteiger partial charge in [-0.25, -0.2) is 0 Å². The molecule has 3 heterocycles. The Labute approximate surface area is 253 Å². The van der Waals surface area contributed by atoms with Crippen LogP contribution in [0.4, 0.5) is 0 Å². The highest BCUT2D eigenvalue weighted by molar-refractivity contribution is 5.86. The lowest BCUT2D eigenvalue weighted by atomic mass is 9.91. The molecule has 0 saturated carbocycles. The number of nitrogens with zero attached hydrogens (tertiary/aromatic N) is 3. The van der Waals surface area contributed by atoms with Crippen LogP contribution in [0.15, 0.2) is 165 Å². The predicted molar refractivity (Wildman–Crippen MR) is 180 cm³/mol. The number of pyridine rings is 3. The first-order chi connectivity index (χ1) is 21.2. The molecule has 0 aliphatic carbocycles. The van der Waals surface area contributed by atoms with E-state index in [2.05, 4.69) is 119 Å². The van der Waals surface area contributed by atoms with Crippen molar-refractivity contribution in [1.29, 1.82) is 0 Å². The van der Waals surface area contributed by atoms with Gasteiger partial charge in [0.05, 0.1) is 0 Å². The van der Waals surface area contributed by atoms with Crippen LogP contribution in [-0.4, -0.2) is 15.0 Å². The third-order valence-electron chi connectivity index (χ3n) is 7.44. The van der Waals surface area contributed by atoms with Crippen molar-refractivity contribution in [2.24, 2.45) is 0 Å². The Hall–Kier alpha value is -5.67. The number of aromatic nitrogens is 3. The summed E-state index contributed by atoms with van der Waals surface area (Å²) in [5.74, 6) is 0. The standard InChI is InChI=1S/C40H31N3/c1-3-5-10-29(4-2)35-20-36(22-38(21-35)32-13-7-16-41-26-32)30-11-6-12-31(19-30)37-23-39(33-14-8-17-42-27-33)25-40(24-37)34-15-9-18-43-28-34/h3-28H,1H2,2H3/b10-5-,29-4+. The Morgan fingerprint density at radius 3 is 1.33 bits per heavy atom. The van der Waals surface area contributed by atoms with E-state index in [1.165, 1.54) is 0 Å². The van der Waals surface area contributed by atoms with Crippen LogP contribution in [0.2, 0.25) is 0 Å². The lowest BCUT2D eigenvalue weighted by Gasteiger charge is -2.14. The van der Waals surface area contributed by atoms with Crippen molar-refractivity contribution in [3.05, 3.63) is 171 Å². The first kappa shape index (κ1) is 27.5. The van der Waals surface area contributed by atoms with Crippen LogP contribution in [0.5, 0.6) is 0 Å². The molecule has 6 aromatic rings. The Bertz CT molecular complexity index is 1860. The topological polar surface area (TPSA) is 38.7 Å². The van der Waals surface area contributed by atoms with Crippen molar-refractivity contribution < 1.29 is 0 Å². The van der Waals surface area contributed by atoms with Gasteiger partial charge in [-0.2, -0.15) is 0 Å². The number of rotatable bonds is 8. The van der Waals surface area contributed by atoms with Gasteiger partial charge in [0, 0.05) is 53.9 Å².